The minimum Gasteiger partial charge on any atom is -0.462 e. The summed E-state index contributed by atoms with van der Waals surface area (Å²) in [5.41, 5.74) is 1.38. The van der Waals surface area contributed by atoms with Crippen LogP contribution in [0.5, 0.6) is 0 Å². The first kappa shape index (κ1) is 33.2. The van der Waals surface area contributed by atoms with E-state index < -0.39 is 16.0 Å². The molecule has 2 aromatic carbocycles. The third-order valence-corrected chi connectivity index (χ3v) is 9.16. The number of esters is 1. The van der Waals surface area contributed by atoms with Crippen LogP contribution in [0.15, 0.2) is 57.8 Å². The van der Waals surface area contributed by atoms with Gasteiger partial charge in [0.15, 0.2) is 5.76 Å². The number of anilines is 2. The Morgan fingerprint density at radius 3 is 2.39 bits per heavy atom. The summed E-state index contributed by atoms with van der Waals surface area (Å²) >= 11 is 5.85. The van der Waals surface area contributed by atoms with Gasteiger partial charge >= 0.3 is 5.97 Å². The Hall–Kier alpha value is -3.67. The number of aromatic nitrogens is 2. The third kappa shape index (κ3) is 7.88. The Labute approximate surface area is 264 Å². The van der Waals surface area contributed by atoms with Crippen LogP contribution in [0.3, 0.4) is 0 Å². The van der Waals surface area contributed by atoms with Crippen molar-refractivity contribution in [2.45, 2.75) is 50.8 Å². The number of carbonyl (C=O) groups is 1. The second kappa shape index (κ2) is 14.9. The van der Waals surface area contributed by atoms with E-state index in [-0.39, 0.29) is 28.6 Å². The SMILES string of the molecule is CCOC(=O)c1c(C)oc(-c2ccc(Cl)cc2)c1S(=O)(=O)NC.CN(C)c1nc(NCC2CCCCC2)nc2ccccc12. The van der Waals surface area contributed by atoms with Gasteiger partial charge in [0.05, 0.1) is 12.1 Å². The maximum atomic E-state index is 12.4. The van der Waals surface area contributed by atoms with Crippen molar-refractivity contribution < 1.29 is 22.4 Å². The summed E-state index contributed by atoms with van der Waals surface area (Å²) in [6.45, 7) is 4.27. The lowest BCUT2D eigenvalue weighted by molar-refractivity contribution is 0.0520. The molecule has 0 amide bonds. The highest BCUT2D eigenvalue weighted by Crippen LogP contribution is 2.36. The normalized spacial score (nSPS) is 13.7. The standard InChI is InChI=1S/C17H24N4.C15H16ClNO5S/c1-21(2)16-14-10-6-7-11-15(14)19-17(20-16)18-12-13-8-4-3-5-9-13;1-4-21-15(18)12-9(2)22-13(14(12)23(19,20)17-3)10-5-7-11(16)8-6-10/h6-7,10-11,13H,3-5,8-9,12H2,1-2H3,(H,18,19,20);5-8,17H,4H2,1-3H3. The van der Waals surface area contributed by atoms with Crippen molar-refractivity contribution in [3.8, 4) is 11.3 Å². The van der Waals surface area contributed by atoms with Gasteiger partial charge in [0.2, 0.25) is 16.0 Å². The van der Waals surface area contributed by atoms with E-state index in [1.807, 2.05) is 26.2 Å². The van der Waals surface area contributed by atoms with Gasteiger partial charge in [-0.1, -0.05) is 43.0 Å². The number of fused-ring (bicyclic) bond motifs is 1. The van der Waals surface area contributed by atoms with Crippen molar-refractivity contribution in [1.29, 1.82) is 0 Å². The number of hydrogen-bond donors (Lipinski definition) is 2. The number of para-hydroxylation sites is 1. The van der Waals surface area contributed by atoms with Crippen LogP contribution in [0.1, 0.15) is 55.1 Å². The lowest BCUT2D eigenvalue weighted by Gasteiger charge is -2.22. The molecule has 44 heavy (non-hydrogen) atoms. The fourth-order valence-electron chi connectivity index (χ4n) is 5.22. The van der Waals surface area contributed by atoms with Crippen molar-refractivity contribution in [2.75, 3.05) is 44.5 Å². The van der Waals surface area contributed by atoms with Crippen LogP contribution in [0.2, 0.25) is 5.02 Å². The average molecular weight is 642 g/mol. The van der Waals surface area contributed by atoms with Gasteiger partial charge in [-0.3, -0.25) is 0 Å². The van der Waals surface area contributed by atoms with Crippen molar-refractivity contribution >= 4 is 50.3 Å². The molecule has 1 aliphatic rings. The molecule has 5 rings (SSSR count). The Morgan fingerprint density at radius 1 is 1.07 bits per heavy atom. The van der Waals surface area contributed by atoms with Crippen LogP contribution in [-0.4, -0.2) is 58.6 Å². The number of ether oxygens (including phenoxy) is 1. The fourth-order valence-corrected chi connectivity index (χ4v) is 6.45. The first-order valence-corrected chi connectivity index (χ1v) is 16.6. The predicted molar refractivity (Wildman–Crippen MR) is 175 cm³/mol. The Morgan fingerprint density at radius 2 is 1.75 bits per heavy atom. The number of sulfonamides is 1. The van der Waals surface area contributed by atoms with Gasteiger partial charge < -0.3 is 19.4 Å². The first-order chi connectivity index (χ1) is 21.1. The molecule has 4 aromatic rings. The molecule has 1 aliphatic carbocycles. The molecule has 0 aliphatic heterocycles. The van der Waals surface area contributed by atoms with Crippen LogP contribution in [-0.2, 0) is 14.8 Å². The van der Waals surface area contributed by atoms with Crippen LogP contribution in [0, 0.1) is 12.8 Å². The molecule has 0 radical (unpaired) electrons. The number of hydrogen-bond acceptors (Lipinski definition) is 9. The molecule has 10 nitrogen and oxygen atoms in total. The van der Waals surface area contributed by atoms with Crippen LogP contribution < -0.4 is 14.9 Å². The molecule has 1 fully saturated rings. The molecule has 0 bridgehead atoms. The summed E-state index contributed by atoms with van der Waals surface area (Å²) in [5.74, 6) is 1.99. The maximum Gasteiger partial charge on any atom is 0.343 e. The average Bonchev–Trinajstić information content (AvgIpc) is 3.38. The van der Waals surface area contributed by atoms with E-state index in [0.717, 1.165) is 35.1 Å². The number of carbonyl (C=O) groups excluding carboxylic acids is 1. The summed E-state index contributed by atoms with van der Waals surface area (Å²) in [6, 6.07) is 14.6. The predicted octanol–water partition coefficient (Wildman–Crippen LogP) is 6.68. The summed E-state index contributed by atoms with van der Waals surface area (Å²) in [4.78, 5) is 23.3. The highest BCUT2D eigenvalue weighted by atomic mass is 35.5. The minimum absolute atomic E-state index is 0.0663. The van der Waals surface area contributed by atoms with Crippen molar-refractivity contribution in [3.63, 3.8) is 0 Å². The number of nitrogens with one attached hydrogen (secondary N) is 2. The zero-order chi connectivity index (χ0) is 31.9. The molecule has 1 saturated carbocycles. The summed E-state index contributed by atoms with van der Waals surface area (Å²) in [5, 5.41) is 5.06. The Balaban J connectivity index is 0.000000201. The fraction of sp³-hybridized carbons (Fsp3) is 0.406. The van der Waals surface area contributed by atoms with E-state index in [0.29, 0.717) is 10.6 Å². The second-order valence-electron chi connectivity index (χ2n) is 10.8. The molecule has 2 aromatic heterocycles. The third-order valence-electron chi connectivity index (χ3n) is 7.44. The van der Waals surface area contributed by atoms with Gasteiger partial charge in [-0.05, 0) is 76.1 Å². The number of nitrogens with zero attached hydrogens (tertiary/aromatic N) is 3. The number of benzene rings is 2. The van der Waals surface area contributed by atoms with E-state index >= 15 is 0 Å². The molecule has 2 heterocycles. The number of rotatable bonds is 9. The molecule has 236 valence electrons. The minimum atomic E-state index is -3.94. The number of halogens is 1. The first-order valence-electron chi connectivity index (χ1n) is 14.7. The van der Waals surface area contributed by atoms with Crippen molar-refractivity contribution in [1.82, 2.24) is 14.7 Å². The van der Waals surface area contributed by atoms with Gasteiger partial charge in [-0.2, -0.15) is 4.98 Å². The lowest BCUT2D eigenvalue weighted by Crippen LogP contribution is -2.22. The summed E-state index contributed by atoms with van der Waals surface area (Å²) < 4.78 is 37.5. The molecule has 0 atom stereocenters. The topological polar surface area (TPSA) is 127 Å². The zero-order valence-electron chi connectivity index (χ0n) is 25.8. The quantitative estimate of drug-likeness (QED) is 0.192. The van der Waals surface area contributed by atoms with E-state index in [2.05, 4.69) is 37.0 Å². The van der Waals surface area contributed by atoms with E-state index in [1.54, 1.807) is 31.2 Å². The smallest absolute Gasteiger partial charge is 0.343 e. The van der Waals surface area contributed by atoms with E-state index in [9.17, 15) is 13.2 Å². The molecule has 0 spiro atoms. The molecule has 12 heteroatoms. The van der Waals surface area contributed by atoms with Gasteiger partial charge in [-0.15, -0.1) is 0 Å². The van der Waals surface area contributed by atoms with Gasteiger partial charge in [-0.25, -0.2) is 22.9 Å². The summed E-state index contributed by atoms with van der Waals surface area (Å²) in [6.07, 6.45) is 6.80. The molecule has 0 saturated heterocycles. The molecule has 2 N–H and O–H groups in total. The molecular formula is C32H40ClN5O5S. The zero-order valence-corrected chi connectivity index (χ0v) is 27.4. The van der Waals surface area contributed by atoms with Crippen molar-refractivity contribution in [3.05, 3.63) is 64.9 Å². The monoisotopic (exact) mass is 641 g/mol. The van der Waals surface area contributed by atoms with Crippen molar-refractivity contribution in [2.24, 2.45) is 5.92 Å². The van der Waals surface area contributed by atoms with Gasteiger partial charge in [0, 0.05) is 36.6 Å². The number of furan rings is 1. The Bertz CT molecular complexity index is 1680. The molecular weight excluding hydrogens is 602 g/mol. The largest absolute Gasteiger partial charge is 0.462 e. The van der Waals surface area contributed by atoms with Crippen LogP contribution in [0.25, 0.3) is 22.2 Å². The Kier molecular flexibility index (Phi) is 11.2. The van der Waals surface area contributed by atoms with Crippen LogP contribution >= 0.6 is 11.6 Å². The van der Waals surface area contributed by atoms with E-state index in [1.165, 1.54) is 46.1 Å². The lowest BCUT2D eigenvalue weighted by atomic mass is 9.89. The van der Waals surface area contributed by atoms with Gasteiger partial charge in [0.25, 0.3) is 0 Å². The van der Waals surface area contributed by atoms with Gasteiger partial charge in [0.1, 0.15) is 22.0 Å². The highest BCUT2D eigenvalue weighted by molar-refractivity contribution is 7.89. The maximum absolute atomic E-state index is 12.4. The van der Waals surface area contributed by atoms with E-state index in [4.69, 9.17) is 20.8 Å². The second-order valence-corrected chi connectivity index (χ2v) is 13.1. The van der Waals surface area contributed by atoms with Crippen LogP contribution in [0.4, 0.5) is 11.8 Å². The highest BCUT2D eigenvalue weighted by Gasteiger charge is 2.33. The summed E-state index contributed by atoms with van der Waals surface area (Å²) in [7, 11) is 1.38. The number of aryl methyl sites for hydroxylation is 1. The molecule has 0 unspecified atom stereocenters.